The summed E-state index contributed by atoms with van der Waals surface area (Å²) in [5.74, 6) is 0.542. The van der Waals surface area contributed by atoms with Crippen LogP contribution in [0.2, 0.25) is 10.0 Å². The van der Waals surface area contributed by atoms with E-state index >= 15 is 0 Å². The van der Waals surface area contributed by atoms with Gasteiger partial charge in [0.2, 0.25) is 5.95 Å². The molecule has 3 nitrogen and oxygen atoms in total. The third-order valence-corrected chi connectivity index (χ3v) is 3.06. The highest BCUT2D eigenvalue weighted by Gasteiger charge is 2.07. The van der Waals surface area contributed by atoms with E-state index in [4.69, 9.17) is 23.2 Å². The number of aryl methyl sites for hydroxylation is 1. The smallest absolute Gasteiger partial charge is 0.227 e. The minimum atomic E-state index is 0.516. The van der Waals surface area contributed by atoms with Gasteiger partial charge >= 0.3 is 0 Å². The molecule has 17 heavy (non-hydrogen) atoms. The average molecular weight is 268 g/mol. The van der Waals surface area contributed by atoms with Crippen LogP contribution in [0.4, 0.5) is 11.6 Å². The Bertz CT molecular complexity index is 515. The Morgan fingerprint density at radius 1 is 1.12 bits per heavy atom. The zero-order valence-corrected chi connectivity index (χ0v) is 10.8. The molecule has 5 heteroatoms. The Morgan fingerprint density at radius 2 is 1.76 bits per heavy atom. The molecule has 2 rings (SSSR count). The Morgan fingerprint density at radius 3 is 2.41 bits per heavy atom. The summed E-state index contributed by atoms with van der Waals surface area (Å²) in [6.45, 7) is 2.05. The number of nitrogens with zero attached hydrogens (tertiary/aromatic N) is 2. The molecular formula is C12H11Cl2N3. The van der Waals surface area contributed by atoms with E-state index in [2.05, 4.69) is 22.2 Å². The predicted octanol–water partition coefficient (Wildman–Crippen LogP) is 4.09. The van der Waals surface area contributed by atoms with E-state index in [1.54, 1.807) is 24.5 Å². The van der Waals surface area contributed by atoms with E-state index in [1.807, 2.05) is 6.07 Å². The van der Waals surface area contributed by atoms with Crippen LogP contribution in [-0.2, 0) is 6.42 Å². The molecule has 88 valence electrons. The summed E-state index contributed by atoms with van der Waals surface area (Å²) in [6.07, 6.45) is 4.21. The third-order valence-electron chi connectivity index (χ3n) is 2.34. The summed E-state index contributed by atoms with van der Waals surface area (Å²) < 4.78 is 0. The molecule has 0 spiro atoms. The minimum Gasteiger partial charge on any atom is -0.324 e. The van der Waals surface area contributed by atoms with Gasteiger partial charge in [0.05, 0.1) is 10.0 Å². The normalized spacial score (nSPS) is 10.3. The van der Waals surface area contributed by atoms with Crippen LogP contribution < -0.4 is 5.32 Å². The van der Waals surface area contributed by atoms with Crippen molar-refractivity contribution in [2.45, 2.75) is 13.3 Å². The van der Waals surface area contributed by atoms with Gasteiger partial charge in [-0.1, -0.05) is 30.1 Å². The first kappa shape index (κ1) is 12.1. The van der Waals surface area contributed by atoms with Crippen LogP contribution in [0.3, 0.4) is 0 Å². The number of hydrogen-bond donors (Lipinski definition) is 1. The highest BCUT2D eigenvalue weighted by Crippen LogP contribution is 2.30. The van der Waals surface area contributed by atoms with Crippen LogP contribution in [0.5, 0.6) is 0 Å². The summed E-state index contributed by atoms with van der Waals surface area (Å²) in [4.78, 5) is 8.21. The van der Waals surface area contributed by atoms with Gasteiger partial charge in [-0.25, -0.2) is 9.97 Å². The second kappa shape index (κ2) is 5.34. The number of rotatable bonds is 3. The van der Waals surface area contributed by atoms with Crippen molar-refractivity contribution in [1.29, 1.82) is 0 Å². The van der Waals surface area contributed by atoms with Crippen molar-refractivity contribution in [3.05, 3.63) is 46.2 Å². The van der Waals surface area contributed by atoms with Gasteiger partial charge in [0.1, 0.15) is 0 Å². The third kappa shape index (κ3) is 2.87. The lowest BCUT2D eigenvalue weighted by Crippen LogP contribution is -1.99. The highest BCUT2D eigenvalue weighted by atomic mass is 35.5. The molecular weight excluding hydrogens is 257 g/mol. The standard InChI is InChI=1S/C12H11Cl2N3/c1-2-8-6-9(13)10(14)7-11(8)17-12-15-4-3-5-16-12/h3-7H,2H2,1H3,(H,15,16,17). The van der Waals surface area contributed by atoms with Crippen LogP contribution >= 0.6 is 23.2 Å². The first-order valence-corrected chi connectivity index (χ1v) is 5.98. The van der Waals surface area contributed by atoms with Crippen LogP contribution in [0.25, 0.3) is 0 Å². The lowest BCUT2D eigenvalue weighted by Gasteiger charge is -2.11. The van der Waals surface area contributed by atoms with Crippen molar-refractivity contribution < 1.29 is 0 Å². The summed E-state index contributed by atoms with van der Waals surface area (Å²) >= 11 is 12.0. The van der Waals surface area contributed by atoms with Gasteiger partial charge in [0.15, 0.2) is 0 Å². The lowest BCUT2D eigenvalue weighted by molar-refractivity contribution is 1.12. The van der Waals surface area contributed by atoms with Gasteiger partial charge in [-0.05, 0) is 30.2 Å². The van der Waals surface area contributed by atoms with Gasteiger partial charge in [-0.2, -0.15) is 0 Å². The van der Waals surface area contributed by atoms with Crippen molar-refractivity contribution in [3.8, 4) is 0 Å². The summed E-state index contributed by atoms with van der Waals surface area (Å²) in [5.41, 5.74) is 1.96. The van der Waals surface area contributed by atoms with Crippen molar-refractivity contribution in [2.24, 2.45) is 0 Å². The van der Waals surface area contributed by atoms with Crippen molar-refractivity contribution >= 4 is 34.8 Å². The highest BCUT2D eigenvalue weighted by molar-refractivity contribution is 6.42. The number of hydrogen-bond acceptors (Lipinski definition) is 3. The number of benzene rings is 1. The first-order valence-electron chi connectivity index (χ1n) is 5.22. The number of halogens is 2. The number of anilines is 2. The zero-order chi connectivity index (χ0) is 12.3. The molecule has 0 unspecified atom stereocenters. The van der Waals surface area contributed by atoms with E-state index in [0.717, 1.165) is 17.7 Å². The molecule has 0 aliphatic rings. The molecule has 0 bridgehead atoms. The number of aromatic nitrogens is 2. The van der Waals surface area contributed by atoms with Crippen LogP contribution in [0.15, 0.2) is 30.6 Å². The molecule has 1 heterocycles. The van der Waals surface area contributed by atoms with E-state index in [-0.39, 0.29) is 0 Å². The van der Waals surface area contributed by atoms with Crippen LogP contribution in [0, 0.1) is 0 Å². The molecule has 2 aromatic rings. The lowest BCUT2D eigenvalue weighted by atomic mass is 10.1. The fourth-order valence-electron chi connectivity index (χ4n) is 1.48. The quantitative estimate of drug-likeness (QED) is 0.911. The SMILES string of the molecule is CCc1cc(Cl)c(Cl)cc1Nc1ncccn1. The summed E-state index contributed by atoms with van der Waals surface area (Å²) in [6, 6.07) is 5.41. The Kier molecular flexibility index (Phi) is 3.82. The first-order chi connectivity index (χ1) is 8.20. The van der Waals surface area contributed by atoms with E-state index < -0.39 is 0 Å². The molecule has 0 radical (unpaired) electrons. The zero-order valence-electron chi connectivity index (χ0n) is 9.24. The van der Waals surface area contributed by atoms with Gasteiger partial charge < -0.3 is 5.32 Å². The monoisotopic (exact) mass is 267 g/mol. The van der Waals surface area contributed by atoms with Gasteiger partial charge in [-0.3, -0.25) is 0 Å². The molecule has 0 fully saturated rings. The minimum absolute atomic E-state index is 0.516. The molecule has 0 aliphatic carbocycles. The molecule has 0 aliphatic heterocycles. The molecule has 0 atom stereocenters. The van der Waals surface area contributed by atoms with E-state index in [9.17, 15) is 0 Å². The van der Waals surface area contributed by atoms with Gasteiger partial charge in [0, 0.05) is 18.1 Å². The second-order valence-corrected chi connectivity index (χ2v) is 4.29. The van der Waals surface area contributed by atoms with E-state index in [0.29, 0.717) is 16.0 Å². The molecule has 0 saturated heterocycles. The Balaban J connectivity index is 2.35. The Labute approximate surface area is 110 Å². The van der Waals surface area contributed by atoms with Crippen molar-refractivity contribution in [1.82, 2.24) is 9.97 Å². The molecule has 1 aromatic carbocycles. The molecule has 1 aromatic heterocycles. The molecule has 0 saturated carbocycles. The van der Waals surface area contributed by atoms with Gasteiger partial charge in [0.25, 0.3) is 0 Å². The van der Waals surface area contributed by atoms with Crippen LogP contribution in [-0.4, -0.2) is 9.97 Å². The maximum Gasteiger partial charge on any atom is 0.227 e. The summed E-state index contributed by atoms with van der Waals surface area (Å²) in [5, 5.41) is 4.20. The fraction of sp³-hybridized carbons (Fsp3) is 0.167. The maximum atomic E-state index is 6.00. The number of nitrogens with one attached hydrogen (secondary N) is 1. The molecule has 0 amide bonds. The van der Waals surface area contributed by atoms with Crippen molar-refractivity contribution in [3.63, 3.8) is 0 Å². The largest absolute Gasteiger partial charge is 0.324 e. The van der Waals surface area contributed by atoms with Crippen LogP contribution in [0.1, 0.15) is 12.5 Å². The van der Waals surface area contributed by atoms with Gasteiger partial charge in [-0.15, -0.1) is 0 Å². The molecule has 1 N–H and O–H groups in total. The topological polar surface area (TPSA) is 37.8 Å². The predicted molar refractivity (Wildman–Crippen MR) is 71.2 cm³/mol. The second-order valence-electron chi connectivity index (χ2n) is 3.47. The maximum absolute atomic E-state index is 6.00. The fourth-order valence-corrected chi connectivity index (χ4v) is 1.83. The van der Waals surface area contributed by atoms with E-state index in [1.165, 1.54) is 0 Å². The summed E-state index contributed by atoms with van der Waals surface area (Å²) in [7, 11) is 0. The Hall–Kier alpha value is -1.32. The van der Waals surface area contributed by atoms with Crippen molar-refractivity contribution in [2.75, 3.05) is 5.32 Å². The average Bonchev–Trinajstić information content (AvgIpc) is 2.35.